The van der Waals surface area contributed by atoms with Gasteiger partial charge in [-0.15, -0.1) is 24.8 Å². The van der Waals surface area contributed by atoms with E-state index in [1.54, 1.807) is 0 Å². The third kappa shape index (κ3) is 3.21. The summed E-state index contributed by atoms with van der Waals surface area (Å²) in [5.74, 6) is 1.12. The SMILES string of the molecule is C[C@@H]1C[C@H](F)c2ncnc(N3CCC4(CC3)CNc3ccc(Cl)cc34)c21.Cl.Cl. The highest BCUT2D eigenvalue weighted by Gasteiger charge is 2.43. The third-order valence-electron chi connectivity index (χ3n) is 6.43. The molecular formula is C20H24Cl3FN4. The molecule has 3 heterocycles. The standard InChI is InChI=1S/C20H22ClFN4.2ClH/c1-12-8-15(22)18-17(12)19(25-11-24-18)26-6-4-20(5-7-26)10-23-16-3-2-13(21)9-14(16)20;;/h2-3,9,11-12,15,23H,4-8,10H2,1H3;2*1H/t12-,15+;;/m1../s1. The predicted molar refractivity (Wildman–Crippen MR) is 116 cm³/mol. The van der Waals surface area contributed by atoms with Crippen molar-refractivity contribution < 1.29 is 4.39 Å². The van der Waals surface area contributed by atoms with Crippen LogP contribution in [0.2, 0.25) is 5.02 Å². The summed E-state index contributed by atoms with van der Waals surface area (Å²) in [5.41, 5.74) is 4.31. The van der Waals surface area contributed by atoms with Crippen molar-refractivity contribution in [1.82, 2.24) is 9.97 Å². The number of rotatable bonds is 1. The fourth-order valence-electron chi connectivity index (χ4n) is 4.98. The number of benzene rings is 1. The van der Waals surface area contributed by atoms with Crippen LogP contribution in [-0.4, -0.2) is 29.6 Å². The molecule has 0 bridgehead atoms. The predicted octanol–water partition coefficient (Wildman–Crippen LogP) is 5.46. The molecule has 8 heteroatoms. The molecule has 1 N–H and O–H groups in total. The molecule has 1 spiro atoms. The summed E-state index contributed by atoms with van der Waals surface area (Å²) in [6, 6.07) is 6.14. The molecule has 0 radical (unpaired) electrons. The molecule has 1 saturated heterocycles. The number of piperidine rings is 1. The van der Waals surface area contributed by atoms with Crippen molar-refractivity contribution in [2.75, 3.05) is 29.9 Å². The van der Waals surface area contributed by atoms with E-state index < -0.39 is 6.17 Å². The lowest BCUT2D eigenvalue weighted by Crippen LogP contribution is -2.44. The molecule has 28 heavy (non-hydrogen) atoms. The van der Waals surface area contributed by atoms with Gasteiger partial charge in [0.05, 0.1) is 5.69 Å². The van der Waals surface area contributed by atoms with Crippen molar-refractivity contribution >= 4 is 47.9 Å². The Kier molecular flexibility index (Phi) is 6.00. The van der Waals surface area contributed by atoms with E-state index in [-0.39, 0.29) is 36.1 Å². The lowest BCUT2D eigenvalue weighted by atomic mass is 9.74. The maximum atomic E-state index is 14.2. The van der Waals surface area contributed by atoms with Gasteiger partial charge in [0, 0.05) is 41.3 Å². The van der Waals surface area contributed by atoms with E-state index in [1.807, 2.05) is 6.07 Å². The summed E-state index contributed by atoms with van der Waals surface area (Å²) < 4.78 is 14.2. The summed E-state index contributed by atoms with van der Waals surface area (Å²) in [6.07, 6.45) is 3.18. The van der Waals surface area contributed by atoms with Crippen molar-refractivity contribution in [2.24, 2.45) is 0 Å². The second kappa shape index (κ2) is 7.85. The molecule has 0 saturated carbocycles. The molecule has 1 aromatic carbocycles. The van der Waals surface area contributed by atoms with Crippen LogP contribution in [0, 0.1) is 0 Å². The van der Waals surface area contributed by atoms with Gasteiger partial charge in [-0.05, 0) is 48.9 Å². The molecule has 152 valence electrons. The van der Waals surface area contributed by atoms with Gasteiger partial charge in [0.1, 0.15) is 18.3 Å². The zero-order valence-electron chi connectivity index (χ0n) is 15.6. The molecular weight excluding hydrogens is 422 g/mol. The zero-order valence-corrected chi connectivity index (χ0v) is 18.0. The van der Waals surface area contributed by atoms with E-state index in [0.717, 1.165) is 48.9 Å². The molecule has 2 atom stereocenters. The van der Waals surface area contributed by atoms with Gasteiger partial charge < -0.3 is 10.2 Å². The Hall–Kier alpha value is -1.30. The molecule has 1 fully saturated rings. The highest BCUT2D eigenvalue weighted by Crippen LogP contribution is 2.48. The van der Waals surface area contributed by atoms with Gasteiger partial charge >= 0.3 is 0 Å². The van der Waals surface area contributed by atoms with E-state index in [4.69, 9.17) is 11.6 Å². The number of halogens is 4. The van der Waals surface area contributed by atoms with E-state index >= 15 is 0 Å². The van der Waals surface area contributed by atoms with Crippen LogP contribution in [0.15, 0.2) is 24.5 Å². The van der Waals surface area contributed by atoms with Crippen LogP contribution in [0.25, 0.3) is 0 Å². The Bertz CT molecular complexity index is 871. The van der Waals surface area contributed by atoms with Crippen molar-refractivity contribution in [3.63, 3.8) is 0 Å². The number of hydrogen-bond donors (Lipinski definition) is 1. The van der Waals surface area contributed by atoms with Crippen LogP contribution in [0.3, 0.4) is 0 Å². The summed E-state index contributed by atoms with van der Waals surface area (Å²) in [6.45, 7) is 4.87. The molecule has 5 rings (SSSR count). The fourth-order valence-corrected chi connectivity index (χ4v) is 5.15. The van der Waals surface area contributed by atoms with E-state index in [1.165, 1.54) is 17.6 Å². The summed E-state index contributed by atoms with van der Waals surface area (Å²) >= 11 is 6.25. The average Bonchev–Trinajstić information content (AvgIpc) is 3.14. The number of fused-ring (bicyclic) bond motifs is 3. The normalized spacial score (nSPS) is 24.0. The number of nitrogens with one attached hydrogen (secondary N) is 1. The Morgan fingerprint density at radius 3 is 2.71 bits per heavy atom. The Labute approximate surface area is 182 Å². The number of hydrogen-bond acceptors (Lipinski definition) is 4. The minimum Gasteiger partial charge on any atom is -0.384 e. The molecule has 1 aliphatic carbocycles. The Morgan fingerprint density at radius 2 is 1.96 bits per heavy atom. The first kappa shape index (κ1) is 21.4. The number of alkyl halides is 1. The maximum absolute atomic E-state index is 14.2. The molecule has 2 aliphatic heterocycles. The second-order valence-corrected chi connectivity index (χ2v) is 8.35. The van der Waals surface area contributed by atoms with Crippen LogP contribution < -0.4 is 10.2 Å². The Balaban J connectivity index is 0.00000112. The van der Waals surface area contributed by atoms with Crippen molar-refractivity contribution in [1.29, 1.82) is 0 Å². The lowest BCUT2D eigenvalue weighted by molar-refractivity contribution is 0.326. The van der Waals surface area contributed by atoms with E-state index in [0.29, 0.717) is 12.1 Å². The highest BCUT2D eigenvalue weighted by atomic mass is 35.5. The minimum atomic E-state index is -0.953. The molecule has 4 nitrogen and oxygen atoms in total. The average molecular weight is 446 g/mol. The zero-order chi connectivity index (χ0) is 17.9. The first-order valence-electron chi connectivity index (χ1n) is 9.35. The second-order valence-electron chi connectivity index (χ2n) is 7.91. The summed E-state index contributed by atoms with van der Waals surface area (Å²) in [7, 11) is 0. The van der Waals surface area contributed by atoms with Crippen LogP contribution in [0.5, 0.6) is 0 Å². The Morgan fingerprint density at radius 1 is 1.21 bits per heavy atom. The van der Waals surface area contributed by atoms with Crippen molar-refractivity contribution in [3.8, 4) is 0 Å². The quantitative estimate of drug-likeness (QED) is 0.633. The first-order chi connectivity index (χ1) is 12.6. The smallest absolute Gasteiger partial charge is 0.143 e. The maximum Gasteiger partial charge on any atom is 0.143 e. The fraction of sp³-hybridized carbons (Fsp3) is 0.500. The van der Waals surface area contributed by atoms with E-state index in [9.17, 15) is 4.39 Å². The summed E-state index contributed by atoms with van der Waals surface area (Å²) in [5, 5.41) is 4.34. The lowest BCUT2D eigenvalue weighted by Gasteiger charge is -2.40. The van der Waals surface area contributed by atoms with Crippen LogP contribution in [-0.2, 0) is 5.41 Å². The largest absolute Gasteiger partial charge is 0.384 e. The van der Waals surface area contributed by atoms with Crippen LogP contribution in [0.1, 0.15) is 55.1 Å². The minimum absolute atomic E-state index is 0. The third-order valence-corrected chi connectivity index (χ3v) is 6.67. The highest BCUT2D eigenvalue weighted by molar-refractivity contribution is 6.30. The number of anilines is 2. The van der Waals surface area contributed by atoms with Gasteiger partial charge in [-0.2, -0.15) is 0 Å². The molecule has 0 amide bonds. The van der Waals surface area contributed by atoms with E-state index in [2.05, 4.69) is 39.2 Å². The molecule has 0 unspecified atom stereocenters. The summed E-state index contributed by atoms with van der Waals surface area (Å²) in [4.78, 5) is 11.1. The molecule has 1 aromatic heterocycles. The topological polar surface area (TPSA) is 41.1 Å². The van der Waals surface area contributed by atoms with Crippen molar-refractivity contribution in [3.05, 3.63) is 46.4 Å². The monoisotopic (exact) mass is 444 g/mol. The van der Waals surface area contributed by atoms with Gasteiger partial charge in [-0.25, -0.2) is 14.4 Å². The molecule has 2 aromatic rings. The van der Waals surface area contributed by atoms with Gasteiger partial charge in [-0.1, -0.05) is 18.5 Å². The van der Waals surface area contributed by atoms with Gasteiger partial charge in [0.15, 0.2) is 0 Å². The van der Waals surface area contributed by atoms with Crippen LogP contribution >= 0.6 is 36.4 Å². The van der Waals surface area contributed by atoms with Gasteiger partial charge in [0.25, 0.3) is 0 Å². The number of aromatic nitrogens is 2. The number of nitrogens with zero attached hydrogens (tertiary/aromatic N) is 3. The molecule has 3 aliphatic rings. The van der Waals surface area contributed by atoms with Crippen molar-refractivity contribution in [2.45, 2.75) is 43.7 Å². The van der Waals surface area contributed by atoms with Gasteiger partial charge in [-0.3, -0.25) is 0 Å². The van der Waals surface area contributed by atoms with Gasteiger partial charge in [0.2, 0.25) is 0 Å². The first-order valence-corrected chi connectivity index (χ1v) is 9.73. The van der Waals surface area contributed by atoms with Crippen LogP contribution in [0.4, 0.5) is 15.9 Å².